The lowest BCUT2D eigenvalue weighted by atomic mass is 10.1. The topological polar surface area (TPSA) is 29.5 Å². The fraction of sp³-hybridized carbons (Fsp3) is 0.455. The largest absolute Gasteiger partial charge is 0.496 e. The van der Waals surface area contributed by atoms with E-state index in [4.69, 9.17) is 4.74 Å². The summed E-state index contributed by atoms with van der Waals surface area (Å²) in [5, 5.41) is 9.72. The fourth-order valence-corrected chi connectivity index (χ4v) is 2.32. The maximum atomic E-state index is 9.72. The second-order valence-electron chi connectivity index (χ2n) is 3.27. The second kappa shape index (κ2) is 6.40. The van der Waals surface area contributed by atoms with Crippen molar-refractivity contribution in [2.45, 2.75) is 12.5 Å². The number of aliphatic hydroxyl groups excluding tert-OH is 1. The van der Waals surface area contributed by atoms with Gasteiger partial charge in [-0.2, -0.15) is 11.8 Å². The van der Waals surface area contributed by atoms with Gasteiger partial charge >= 0.3 is 0 Å². The summed E-state index contributed by atoms with van der Waals surface area (Å²) in [7, 11) is 1.65. The van der Waals surface area contributed by atoms with Crippen LogP contribution in [0.5, 0.6) is 5.75 Å². The van der Waals surface area contributed by atoms with Gasteiger partial charge in [-0.05, 0) is 30.0 Å². The Bertz CT molecular complexity index is 317. The Hall–Kier alpha value is -0.190. The van der Waals surface area contributed by atoms with Crippen LogP contribution in [0.1, 0.15) is 5.56 Å². The fourth-order valence-electron chi connectivity index (χ4n) is 1.41. The predicted octanol–water partition coefficient (Wildman–Crippen LogP) is 2.72. The summed E-state index contributed by atoms with van der Waals surface area (Å²) in [5.74, 6) is 1.58. The Balaban J connectivity index is 2.77. The second-order valence-corrected chi connectivity index (χ2v) is 5.10. The van der Waals surface area contributed by atoms with Crippen molar-refractivity contribution in [2.75, 3.05) is 19.1 Å². The van der Waals surface area contributed by atoms with Gasteiger partial charge in [-0.1, -0.05) is 15.9 Å². The zero-order valence-corrected chi connectivity index (χ0v) is 11.3. The van der Waals surface area contributed by atoms with Crippen LogP contribution in [-0.2, 0) is 6.42 Å². The van der Waals surface area contributed by atoms with Gasteiger partial charge < -0.3 is 9.84 Å². The Morgan fingerprint density at radius 2 is 2.27 bits per heavy atom. The van der Waals surface area contributed by atoms with E-state index < -0.39 is 0 Å². The number of ether oxygens (including phenoxy) is 1. The minimum atomic E-state index is -0.316. The molecule has 0 spiro atoms. The average Bonchev–Trinajstić information content (AvgIpc) is 2.18. The number of hydrogen-bond donors (Lipinski definition) is 1. The summed E-state index contributed by atoms with van der Waals surface area (Å²) < 4.78 is 6.25. The molecule has 0 aliphatic carbocycles. The van der Waals surface area contributed by atoms with Crippen LogP contribution in [0.3, 0.4) is 0 Å². The quantitative estimate of drug-likeness (QED) is 0.904. The van der Waals surface area contributed by atoms with E-state index in [1.54, 1.807) is 18.9 Å². The molecule has 4 heteroatoms. The standard InChI is InChI=1S/C11H15BrO2S/c1-14-11-4-3-9(12)5-8(11)6-10(13)7-15-2/h3-5,10,13H,6-7H2,1-2H3. The van der Waals surface area contributed by atoms with E-state index in [1.807, 2.05) is 24.5 Å². The molecule has 84 valence electrons. The first-order chi connectivity index (χ1) is 7.17. The third-order valence-corrected chi connectivity index (χ3v) is 3.27. The Morgan fingerprint density at radius 3 is 2.87 bits per heavy atom. The van der Waals surface area contributed by atoms with Crippen molar-refractivity contribution in [1.82, 2.24) is 0 Å². The van der Waals surface area contributed by atoms with Crippen molar-refractivity contribution in [2.24, 2.45) is 0 Å². The SMILES string of the molecule is COc1ccc(Br)cc1CC(O)CSC. The van der Waals surface area contributed by atoms with Crippen LogP contribution in [0.2, 0.25) is 0 Å². The minimum Gasteiger partial charge on any atom is -0.496 e. The van der Waals surface area contributed by atoms with Crippen molar-refractivity contribution in [1.29, 1.82) is 0 Å². The van der Waals surface area contributed by atoms with Crippen molar-refractivity contribution >= 4 is 27.7 Å². The van der Waals surface area contributed by atoms with Crippen LogP contribution in [-0.4, -0.2) is 30.3 Å². The summed E-state index contributed by atoms with van der Waals surface area (Å²) in [6.45, 7) is 0. The van der Waals surface area contributed by atoms with E-state index in [2.05, 4.69) is 15.9 Å². The minimum absolute atomic E-state index is 0.316. The summed E-state index contributed by atoms with van der Waals surface area (Å²) >= 11 is 5.06. The molecular weight excluding hydrogens is 276 g/mol. The van der Waals surface area contributed by atoms with Gasteiger partial charge in [0.05, 0.1) is 13.2 Å². The number of hydrogen-bond acceptors (Lipinski definition) is 3. The summed E-state index contributed by atoms with van der Waals surface area (Å²) in [5.41, 5.74) is 1.04. The average molecular weight is 291 g/mol. The predicted molar refractivity (Wildman–Crippen MR) is 68.8 cm³/mol. The molecule has 1 aromatic rings. The molecule has 1 unspecified atom stereocenters. The number of halogens is 1. The molecule has 0 aromatic heterocycles. The van der Waals surface area contributed by atoms with Crippen LogP contribution >= 0.6 is 27.7 Å². The van der Waals surface area contributed by atoms with Crippen LogP contribution in [0.4, 0.5) is 0 Å². The molecule has 0 saturated heterocycles. The van der Waals surface area contributed by atoms with Crippen molar-refractivity contribution < 1.29 is 9.84 Å². The maximum absolute atomic E-state index is 9.72. The molecule has 1 rings (SSSR count). The maximum Gasteiger partial charge on any atom is 0.122 e. The van der Waals surface area contributed by atoms with Gasteiger partial charge in [0.2, 0.25) is 0 Å². The lowest BCUT2D eigenvalue weighted by molar-refractivity contribution is 0.199. The number of methoxy groups -OCH3 is 1. The third-order valence-electron chi connectivity index (χ3n) is 2.06. The van der Waals surface area contributed by atoms with Crippen LogP contribution < -0.4 is 4.74 Å². The molecule has 0 saturated carbocycles. The van der Waals surface area contributed by atoms with Gasteiger partial charge in [0.1, 0.15) is 5.75 Å². The van der Waals surface area contributed by atoms with Gasteiger partial charge in [-0.15, -0.1) is 0 Å². The highest BCUT2D eigenvalue weighted by molar-refractivity contribution is 9.10. The molecule has 0 heterocycles. The highest BCUT2D eigenvalue weighted by Gasteiger charge is 2.09. The lowest BCUT2D eigenvalue weighted by Crippen LogP contribution is -2.13. The van der Waals surface area contributed by atoms with E-state index in [-0.39, 0.29) is 6.10 Å². The van der Waals surface area contributed by atoms with Crippen LogP contribution in [0.15, 0.2) is 22.7 Å². The molecule has 1 aromatic carbocycles. The molecular formula is C11H15BrO2S. The first kappa shape index (κ1) is 12.9. The monoisotopic (exact) mass is 290 g/mol. The van der Waals surface area contributed by atoms with Gasteiger partial charge in [0.25, 0.3) is 0 Å². The Labute approximate surface area is 103 Å². The molecule has 1 atom stereocenters. The molecule has 0 amide bonds. The molecule has 0 radical (unpaired) electrons. The first-order valence-corrected chi connectivity index (χ1v) is 6.85. The number of rotatable bonds is 5. The van der Waals surface area contributed by atoms with Gasteiger partial charge in [-0.25, -0.2) is 0 Å². The summed E-state index contributed by atoms with van der Waals surface area (Å²) in [6, 6.07) is 5.83. The summed E-state index contributed by atoms with van der Waals surface area (Å²) in [4.78, 5) is 0. The highest BCUT2D eigenvalue weighted by Crippen LogP contribution is 2.24. The number of thioether (sulfide) groups is 1. The van der Waals surface area contributed by atoms with Crippen LogP contribution in [0, 0.1) is 0 Å². The van der Waals surface area contributed by atoms with E-state index >= 15 is 0 Å². The van der Waals surface area contributed by atoms with Crippen molar-refractivity contribution in [3.8, 4) is 5.75 Å². The van der Waals surface area contributed by atoms with Gasteiger partial charge in [0.15, 0.2) is 0 Å². The number of aliphatic hydroxyl groups is 1. The Kier molecular flexibility index (Phi) is 5.50. The van der Waals surface area contributed by atoms with Crippen molar-refractivity contribution in [3.63, 3.8) is 0 Å². The summed E-state index contributed by atoms with van der Waals surface area (Å²) in [6.07, 6.45) is 2.30. The lowest BCUT2D eigenvalue weighted by Gasteiger charge is -2.12. The van der Waals surface area contributed by atoms with Gasteiger partial charge in [0, 0.05) is 16.6 Å². The normalized spacial score (nSPS) is 12.5. The van der Waals surface area contributed by atoms with Crippen molar-refractivity contribution in [3.05, 3.63) is 28.2 Å². The molecule has 1 N–H and O–H groups in total. The van der Waals surface area contributed by atoms with E-state index in [0.717, 1.165) is 21.5 Å². The molecule has 2 nitrogen and oxygen atoms in total. The molecule has 0 aliphatic rings. The third kappa shape index (κ3) is 4.05. The molecule has 0 bridgehead atoms. The van der Waals surface area contributed by atoms with Crippen LogP contribution in [0.25, 0.3) is 0 Å². The highest BCUT2D eigenvalue weighted by atomic mass is 79.9. The zero-order valence-electron chi connectivity index (χ0n) is 8.87. The first-order valence-electron chi connectivity index (χ1n) is 4.66. The van der Waals surface area contributed by atoms with E-state index in [0.29, 0.717) is 6.42 Å². The molecule has 0 aliphatic heterocycles. The van der Waals surface area contributed by atoms with E-state index in [1.165, 1.54) is 0 Å². The zero-order chi connectivity index (χ0) is 11.3. The van der Waals surface area contributed by atoms with Gasteiger partial charge in [-0.3, -0.25) is 0 Å². The molecule has 15 heavy (non-hydrogen) atoms. The smallest absolute Gasteiger partial charge is 0.122 e. The van der Waals surface area contributed by atoms with E-state index in [9.17, 15) is 5.11 Å². The number of benzene rings is 1. The Morgan fingerprint density at radius 1 is 1.53 bits per heavy atom. The molecule has 0 fully saturated rings.